The molecule has 1 saturated carbocycles. The predicted molar refractivity (Wildman–Crippen MR) is 111 cm³/mol. The molecule has 0 bridgehead atoms. The second-order valence-electron chi connectivity index (χ2n) is 8.01. The van der Waals surface area contributed by atoms with Gasteiger partial charge in [-0.2, -0.15) is 0 Å². The largest absolute Gasteiger partial charge is 0.352 e. The van der Waals surface area contributed by atoms with Crippen LogP contribution in [0.4, 0.5) is 4.79 Å². The van der Waals surface area contributed by atoms with Crippen LogP contribution in [0.3, 0.4) is 0 Å². The molecule has 154 valence electrons. The molecule has 2 aliphatic rings. The van der Waals surface area contributed by atoms with E-state index in [4.69, 9.17) is 0 Å². The molecule has 3 rings (SSSR count). The van der Waals surface area contributed by atoms with E-state index in [9.17, 15) is 9.59 Å². The average molecular weight is 387 g/mol. The number of carbonyl (C=O) groups excluding carboxylic acids is 2. The Morgan fingerprint density at radius 3 is 2.39 bits per heavy atom. The van der Waals surface area contributed by atoms with Crippen LogP contribution in [0.2, 0.25) is 0 Å². The molecule has 1 aromatic rings. The summed E-state index contributed by atoms with van der Waals surface area (Å²) in [5.41, 5.74) is 2.46. The third-order valence-electron chi connectivity index (χ3n) is 5.77. The number of nitrogens with zero attached hydrogens (tertiary/aromatic N) is 1. The first-order valence-electron chi connectivity index (χ1n) is 10.8. The maximum Gasteiger partial charge on any atom is 0.315 e. The van der Waals surface area contributed by atoms with Crippen LogP contribution in [0.1, 0.15) is 62.5 Å². The number of nitrogens with one attached hydrogen (secondary N) is 3. The lowest BCUT2D eigenvalue weighted by atomic mass is 9.96. The number of benzene rings is 1. The minimum absolute atomic E-state index is 0.0334. The van der Waals surface area contributed by atoms with E-state index in [1.54, 1.807) is 0 Å². The molecule has 1 aromatic carbocycles. The van der Waals surface area contributed by atoms with Crippen LogP contribution in [0.25, 0.3) is 0 Å². The molecule has 1 heterocycles. The van der Waals surface area contributed by atoms with E-state index >= 15 is 0 Å². The Bertz CT molecular complexity index is 637. The van der Waals surface area contributed by atoms with Gasteiger partial charge >= 0.3 is 6.03 Å². The smallest absolute Gasteiger partial charge is 0.315 e. The van der Waals surface area contributed by atoms with Crippen molar-refractivity contribution in [1.29, 1.82) is 0 Å². The fourth-order valence-electron chi connectivity index (χ4n) is 4.12. The van der Waals surface area contributed by atoms with Gasteiger partial charge in [0.15, 0.2) is 0 Å². The number of amides is 3. The van der Waals surface area contributed by atoms with Gasteiger partial charge in [0.1, 0.15) is 0 Å². The van der Waals surface area contributed by atoms with Crippen molar-refractivity contribution in [2.45, 2.75) is 70.5 Å². The fourth-order valence-corrected chi connectivity index (χ4v) is 4.12. The molecular weight excluding hydrogens is 352 g/mol. The van der Waals surface area contributed by atoms with Crippen LogP contribution in [-0.2, 0) is 17.9 Å². The van der Waals surface area contributed by atoms with E-state index in [1.807, 2.05) is 6.07 Å². The Morgan fingerprint density at radius 2 is 1.64 bits per heavy atom. The van der Waals surface area contributed by atoms with Crippen LogP contribution in [-0.4, -0.2) is 42.5 Å². The Morgan fingerprint density at radius 1 is 0.929 bits per heavy atom. The van der Waals surface area contributed by atoms with Crippen LogP contribution < -0.4 is 16.0 Å². The lowest BCUT2D eigenvalue weighted by Crippen LogP contribution is -2.43. The van der Waals surface area contributed by atoms with Gasteiger partial charge in [-0.05, 0) is 49.9 Å². The summed E-state index contributed by atoms with van der Waals surface area (Å²) in [7, 11) is 0. The first-order valence-corrected chi connectivity index (χ1v) is 10.8. The minimum Gasteiger partial charge on any atom is -0.352 e. The zero-order valence-corrected chi connectivity index (χ0v) is 16.8. The zero-order chi connectivity index (χ0) is 19.6. The molecule has 28 heavy (non-hydrogen) atoms. The number of hydrogen-bond donors (Lipinski definition) is 3. The van der Waals surface area contributed by atoms with E-state index in [2.05, 4.69) is 39.0 Å². The SMILES string of the molecule is O=C(CCNC(=O)NC1CCCCC1)NCc1ccccc1CN1CCCC1. The van der Waals surface area contributed by atoms with Crippen LogP contribution >= 0.6 is 0 Å². The number of likely N-dealkylation sites (tertiary alicyclic amines) is 1. The third kappa shape index (κ3) is 6.82. The van der Waals surface area contributed by atoms with Crippen molar-refractivity contribution in [3.63, 3.8) is 0 Å². The van der Waals surface area contributed by atoms with Gasteiger partial charge in [-0.15, -0.1) is 0 Å². The second-order valence-corrected chi connectivity index (χ2v) is 8.01. The van der Waals surface area contributed by atoms with Crippen molar-refractivity contribution < 1.29 is 9.59 Å². The number of hydrogen-bond acceptors (Lipinski definition) is 3. The maximum atomic E-state index is 12.2. The van der Waals surface area contributed by atoms with Crippen LogP contribution in [0.15, 0.2) is 24.3 Å². The maximum absolute atomic E-state index is 12.2. The summed E-state index contributed by atoms with van der Waals surface area (Å²) < 4.78 is 0. The normalized spacial score (nSPS) is 18.0. The molecule has 1 aliphatic heterocycles. The van der Waals surface area contributed by atoms with E-state index in [0.717, 1.165) is 32.5 Å². The predicted octanol–water partition coefficient (Wildman–Crippen LogP) is 2.92. The first-order chi connectivity index (χ1) is 13.7. The van der Waals surface area contributed by atoms with Crippen molar-refractivity contribution >= 4 is 11.9 Å². The molecule has 6 nitrogen and oxygen atoms in total. The molecule has 3 amide bonds. The van der Waals surface area contributed by atoms with Crippen molar-refractivity contribution in [3.05, 3.63) is 35.4 Å². The Balaban J connectivity index is 1.34. The van der Waals surface area contributed by atoms with Gasteiger partial charge < -0.3 is 16.0 Å². The summed E-state index contributed by atoms with van der Waals surface area (Å²) >= 11 is 0. The Hall–Kier alpha value is -2.08. The molecule has 0 spiro atoms. The summed E-state index contributed by atoms with van der Waals surface area (Å²) in [6.45, 7) is 4.18. The highest BCUT2D eigenvalue weighted by molar-refractivity contribution is 5.78. The minimum atomic E-state index is -0.157. The summed E-state index contributed by atoms with van der Waals surface area (Å²) in [5, 5.41) is 8.80. The number of urea groups is 1. The summed E-state index contributed by atoms with van der Waals surface area (Å²) in [5.74, 6) is -0.0334. The second kappa shape index (κ2) is 11.1. The molecule has 0 aromatic heterocycles. The quantitative estimate of drug-likeness (QED) is 0.643. The monoisotopic (exact) mass is 386 g/mol. The van der Waals surface area contributed by atoms with Crippen LogP contribution in [0.5, 0.6) is 0 Å². The lowest BCUT2D eigenvalue weighted by molar-refractivity contribution is -0.121. The van der Waals surface area contributed by atoms with Gasteiger partial charge in [-0.25, -0.2) is 4.79 Å². The molecule has 1 aliphatic carbocycles. The molecule has 0 radical (unpaired) electrons. The Kier molecular flexibility index (Phi) is 8.15. The highest BCUT2D eigenvalue weighted by atomic mass is 16.2. The number of carbonyl (C=O) groups is 2. The molecule has 2 fully saturated rings. The standard InChI is InChI=1S/C22H34N4O2/c27-21(12-13-23-22(28)25-20-10-2-1-3-11-20)24-16-18-8-4-5-9-19(18)17-26-14-6-7-15-26/h4-5,8-9,20H,1-3,6-7,10-17H2,(H,24,27)(H2,23,25,28). The topological polar surface area (TPSA) is 73.5 Å². The molecule has 0 unspecified atom stereocenters. The van der Waals surface area contributed by atoms with Crippen molar-refractivity contribution in [3.8, 4) is 0 Å². The summed E-state index contributed by atoms with van der Waals surface area (Å²) in [6.07, 6.45) is 8.61. The number of rotatable bonds is 8. The van der Waals surface area contributed by atoms with Gasteiger partial charge in [-0.3, -0.25) is 9.69 Å². The van der Waals surface area contributed by atoms with Gasteiger partial charge in [0, 0.05) is 32.1 Å². The zero-order valence-electron chi connectivity index (χ0n) is 16.8. The fraction of sp³-hybridized carbons (Fsp3) is 0.636. The third-order valence-corrected chi connectivity index (χ3v) is 5.77. The summed E-state index contributed by atoms with van der Waals surface area (Å²) in [6, 6.07) is 8.45. The van der Waals surface area contributed by atoms with Gasteiger partial charge in [0.25, 0.3) is 0 Å². The molecule has 1 saturated heterocycles. The highest BCUT2D eigenvalue weighted by Crippen LogP contribution is 2.17. The van der Waals surface area contributed by atoms with Gasteiger partial charge in [-0.1, -0.05) is 43.5 Å². The molecule has 0 atom stereocenters. The average Bonchev–Trinajstić information content (AvgIpc) is 3.21. The van der Waals surface area contributed by atoms with E-state index in [-0.39, 0.29) is 18.0 Å². The van der Waals surface area contributed by atoms with E-state index < -0.39 is 0 Å². The first kappa shape index (κ1) is 20.6. The molecule has 3 N–H and O–H groups in total. The van der Waals surface area contributed by atoms with Gasteiger partial charge in [0.05, 0.1) is 0 Å². The van der Waals surface area contributed by atoms with Crippen molar-refractivity contribution in [1.82, 2.24) is 20.9 Å². The van der Waals surface area contributed by atoms with Gasteiger partial charge in [0.2, 0.25) is 5.91 Å². The van der Waals surface area contributed by atoms with E-state index in [1.165, 1.54) is 43.2 Å². The van der Waals surface area contributed by atoms with E-state index in [0.29, 0.717) is 19.5 Å². The summed E-state index contributed by atoms with van der Waals surface area (Å²) in [4.78, 5) is 26.5. The Labute approximate surface area is 168 Å². The lowest BCUT2D eigenvalue weighted by Gasteiger charge is -2.22. The molecule has 6 heteroatoms. The van der Waals surface area contributed by atoms with Crippen molar-refractivity contribution in [2.75, 3.05) is 19.6 Å². The van der Waals surface area contributed by atoms with Crippen LogP contribution in [0, 0.1) is 0 Å². The molecular formula is C22H34N4O2. The highest BCUT2D eigenvalue weighted by Gasteiger charge is 2.16. The van der Waals surface area contributed by atoms with Crippen molar-refractivity contribution in [2.24, 2.45) is 0 Å².